The van der Waals surface area contributed by atoms with Crippen LogP contribution in [0, 0.1) is 0 Å². The summed E-state index contributed by atoms with van der Waals surface area (Å²) in [6.45, 7) is 5.11. The lowest BCUT2D eigenvalue weighted by Crippen LogP contribution is -2.33. The van der Waals surface area contributed by atoms with Crippen LogP contribution in [0.25, 0.3) is 0 Å². The Morgan fingerprint density at radius 2 is 1.75 bits per heavy atom. The van der Waals surface area contributed by atoms with E-state index in [1.165, 1.54) is 6.07 Å². The highest BCUT2D eigenvalue weighted by Gasteiger charge is 2.25. The molecule has 20 heavy (non-hydrogen) atoms. The number of carbonyl (C=O) groups excluding carboxylic acids is 1. The molecule has 0 N–H and O–H groups in total. The van der Waals surface area contributed by atoms with Gasteiger partial charge in [-0.05, 0) is 25.0 Å². The Kier molecular flexibility index (Phi) is 6.02. The molecule has 0 bridgehead atoms. The van der Waals surface area contributed by atoms with E-state index in [0.717, 1.165) is 19.1 Å². The first kappa shape index (κ1) is 17.0. The van der Waals surface area contributed by atoms with Gasteiger partial charge in [-0.1, -0.05) is 31.5 Å². The van der Waals surface area contributed by atoms with Gasteiger partial charge in [0.05, 0.1) is 15.5 Å². The molecule has 1 aromatic rings. The summed E-state index contributed by atoms with van der Waals surface area (Å²) >= 11 is 6.06. The molecule has 6 heteroatoms. The van der Waals surface area contributed by atoms with Gasteiger partial charge >= 0.3 is 0 Å². The summed E-state index contributed by atoms with van der Waals surface area (Å²) in [7, 11) is -3.50. The number of carbonyl (C=O) groups is 1. The van der Waals surface area contributed by atoms with E-state index in [2.05, 4.69) is 0 Å². The van der Waals surface area contributed by atoms with Gasteiger partial charge in [0.2, 0.25) is 0 Å². The van der Waals surface area contributed by atoms with Crippen LogP contribution in [0.5, 0.6) is 0 Å². The third-order valence-electron chi connectivity index (χ3n) is 2.86. The SMILES string of the molecule is CCCN(CCC)C(=O)c1c(Cl)cccc1S(C)(=O)=O. The van der Waals surface area contributed by atoms with E-state index in [9.17, 15) is 13.2 Å². The lowest BCUT2D eigenvalue weighted by Gasteiger charge is -2.23. The second-order valence-electron chi connectivity index (χ2n) is 4.68. The molecule has 0 aromatic heterocycles. The molecule has 0 saturated carbocycles. The summed E-state index contributed by atoms with van der Waals surface area (Å²) in [5.41, 5.74) is 0.0820. The molecule has 0 radical (unpaired) electrons. The maximum Gasteiger partial charge on any atom is 0.256 e. The highest BCUT2D eigenvalue weighted by Crippen LogP contribution is 2.25. The van der Waals surface area contributed by atoms with Crippen molar-refractivity contribution in [1.29, 1.82) is 0 Å². The van der Waals surface area contributed by atoms with Gasteiger partial charge in [-0.3, -0.25) is 4.79 Å². The van der Waals surface area contributed by atoms with Gasteiger partial charge in [0, 0.05) is 19.3 Å². The second kappa shape index (κ2) is 7.09. The maximum absolute atomic E-state index is 12.6. The van der Waals surface area contributed by atoms with Crippen LogP contribution >= 0.6 is 11.6 Å². The number of benzene rings is 1. The molecule has 1 aromatic carbocycles. The summed E-state index contributed by atoms with van der Waals surface area (Å²) in [6.07, 6.45) is 2.70. The minimum Gasteiger partial charge on any atom is -0.339 e. The van der Waals surface area contributed by atoms with Crippen LogP contribution in [0.4, 0.5) is 0 Å². The number of sulfone groups is 1. The van der Waals surface area contributed by atoms with Crippen molar-refractivity contribution in [3.05, 3.63) is 28.8 Å². The Labute approximate surface area is 125 Å². The van der Waals surface area contributed by atoms with Gasteiger partial charge in [-0.25, -0.2) is 8.42 Å². The van der Waals surface area contributed by atoms with Crippen molar-refractivity contribution in [2.45, 2.75) is 31.6 Å². The first-order valence-corrected chi connectivity index (χ1v) is 8.87. The predicted octanol–water partition coefficient (Wildman–Crippen LogP) is 3.01. The fourth-order valence-electron chi connectivity index (χ4n) is 2.03. The Morgan fingerprint density at radius 1 is 1.20 bits per heavy atom. The van der Waals surface area contributed by atoms with E-state index < -0.39 is 9.84 Å². The lowest BCUT2D eigenvalue weighted by molar-refractivity contribution is 0.0752. The zero-order chi connectivity index (χ0) is 15.3. The number of hydrogen-bond donors (Lipinski definition) is 0. The topological polar surface area (TPSA) is 54.5 Å². The van der Waals surface area contributed by atoms with Crippen molar-refractivity contribution in [1.82, 2.24) is 4.90 Å². The Balaban J connectivity index is 3.34. The highest BCUT2D eigenvalue weighted by atomic mass is 35.5. The molecule has 0 aliphatic carbocycles. The average molecular weight is 318 g/mol. The Hall–Kier alpha value is -1.07. The largest absolute Gasteiger partial charge is 0.339 e. The fourth-order valence-corrected chi connectivity index (χ4v) is 3.24. The molecule has 0 fully saturated rings. The first-order valence-electron chi connectivity index (χ1n) is 6.60. The lowest BCUT2D eigenvalue weighted by atomic mass is 10.2. The highest BCUT2D eigenvalue weighted by molar-refractivity contribution is 7.90. The second-order valence-corrected chi connectivity index (χ2v) is 7.07. The number of halogens is 1. The number of nitrogens with zero attached hydrogens (tertiary/aromatic N) is 1. The van der Waals surface area contributed by atoms with E-state index >= 15 is 0 Å². The molecule has 0 saturated heterocycles. The number of amides is 1. The molecule has 0 heterocycles. The normalized spacial score (nSPS) is 11.4. The van der Waals surface area contributed by atoms with Crippen LogP contribution in [0.1, 0.15) is 37.0 Å². The monoisotopic (exact) mass is 317 g/mol. The van der Waals surface area contributed by atoms with E-state index in [1.807, 2.05) is 13.8 Å². The molecular weight excluding hydrogens is 298 g/mol. The van der Waals surface area contributed by atoms with Crippen LogP contribution in [0.2, 0.25) is 5.02 Å². The zero-order valence-corrected chi connectivity index (χ0v) is 13.6. The van der Waals surface area contributed by atoms with E-state index in [1.54, 1.807) is 17.0 Å². The Bertz CT molecular complexity index is 578. The molecule has 1 amide bonds. The van der Waals surface area contributed by atoms with Gasteiger partial charge in [0.1, 0.15) is 0 Å². The van der Waals surface area contributed by atoms with Gasteiger partial charge in [-0.2, -0.15) is 0 Å². The van der Waals surface area contributed by atoms with Crippen molar-refractivity contribution in [3.63, 3.8) is 0 Å². The molecule has 0 spiro atoms. The van der Waals surface area contributed by atoms with Crippen molar-refractivity contribution in [3.8, 4) is 0 Å². The third kappa shape index (κ3) is 3.96. The van der Waals surface area contributed by atoms with Crippen LogP contribution in [0.3, 0.4) is 0 Å². The van der Waals surface area contributed by atoms with Crippen LogP contribution < -0.4 is 0 Å². The van der Waals surface area contributed by atoms with Crippen LogP contribution in [0.15, 0.2) is 23.1 Å². The minimum absolute atomic E-state index is 0.00722. The Morgan fingerprint density at radius 3 is 2.20 bits per heavy atom. The van der Waals surface area contributed by atoms with Gasteiger partial charge < -0.3 is 4.90 Å². The quantitative estimate of drug-likeness (QED) is 0.810. The third-order valence-corrected chi connectivity index (χ3v) is 4.32. The van der Waals surface area contributed by atoms with Crippen molar-refractivity contribution in [2.75, 3.05) is 19.3 Å². The van der Waals surface area contributed by atoms with E-state index in [4.69, 9.17) is 11.6 Å². The summed E-state index contributed by atoms with van der Waals surface area (Å²) in [5.74, 6) is -0.320. The average Bonchev–Trinajstić information content (AvgIpc) is 2.36. The smallest absolute Gasteiger partial charge is 0.256 e. The van der Waals surface area contributed by atoms with E-state index in [0.29, 0.717) is 13.1 Å². The summed E-state index contributed by atoms with van der Waals surface area (Å²) < 4.78 is 23.6. The van der Waals surface area contributed by atoms with Crippen molar-refractivity contribution < 1.29 is 13.2 Å². The van der Waals surface area contributed by atoms with Crippen molar-refractivity contribution in [2.24, 2.45) is 0 Å². The summed E-state index contributed by atoms with van der Waals surface area (Å²) in [6, 6.07) is 4.50. The van der Waals surface area contributed by atoms with Crippen LogP contribution in [-0.2, 0) is 9.84 Å². The van der Waals surface area contributed by atoms with E-state index in [-0.39, 0.29) is 21.4 Å². The predicted molar refractivity (Wildman–Crippen MR) is 81.0 cm³/mol. The first-order chi connectivity index (χ1) is 9.32. The van der Waals surface area contributed by atoms with Gasteiger partial charge in [-0.15, -0.1) is 0 Å². The molecule has 112 valence electrons. The maximum atomic E-state index is 12.6. The number of rotatable bonds is 6. The molecule has 4 nitrogen and oxygen atoms in total. The molecule has 0 aliphatic heterocycles. The molecule has 1 rings (SSSR count). The number of hydrogen-bond acceptors (Lipinski definition) is 3. The molecule has 0 aliphatic rings. The van der Waals surface area contributed by atoms with Crippen LogP contribution in [-0.4, -0.2) is 38.6 Å². The molecule has 0 unspecified atom stereocenters. The van der Waals surface area contributed by atoms with Gasteiger partial charge in [0.25, 0.3) is 5.91 Å². The van der Waals surface area contributed by atoms with Crippen molar-refractivity contribution >= 4 is 27.3 Å². The molecule has 0 atom stereocenters. The fraction of sp³-hybridized carbons (Fsp3) is 0.500. The summed E-state index contributed by atoms with van der Waals surface area (Å²) in [5, 5.41) is 0.176. The van der Waals surface area contributed by atoms with Gasteiger partial charge in [0.15, 0.2) is 9.84 Å². The standard InChI is InChI=1S/C14H20ClNO3S/c1-4-9-16(10-5-2)14(17)13-11(15)7-6-8-12(13)20(3,18)19/h6-8H,4-5,9-10H2,1-3H3. The summed E-state index contributed by atoms with van der Waals surface area (Å²) in [4.78, 5) is 14.2. The minimum atomic E-state index is -3.50. The molecular formula is C14H20ClNO3S. The zero-order valence-electron chi connectivity index (χ0n) is 12.0.